The van der Waals surface area contributed by atoms with Crippen LogP contribution in [-0.4, -0.2) is 12.5 Å². The molecule has 1 N–H and O–H groups in total. The third-order valence-corrected chi connectivity index (χ3v) is 5.37. The summed E-state index contributed by atoms with van der Waals surface area (Å²) in [5, 5.41) is 3.03. The Morgan fingerprint density at radius 3 is 2.81 bits per heavy atom. The van der Waals surface area contributed by atoms with Gasteiger partial charge in [-0.15, -0.1) is 0 Å². The van der Waals surface area contributed by atoms with E-state index in [4.69, 9.17) is 0 Å². The van der Waals surface area contributed by atoms with Crippen molar-refractivity contribution in [2.75, 3.05) is 6.54 Å². The second-order valence-corrected chi connectivity index (χ2v) is 7.00. The predicted molar refractivity (Wildman–Crippen MR) is 89.0 cm³/mol. The number of nitrogens with one attached hydrogen (secondary N) is 1. The fourth-order valence-electron chi connectivity index (χ4n) is 4.04. The zero-order valence-corrected chi connectivity index (χ0v) is 14.2. The van der Waals surface area contributed by atoms with Crippen molar-refractivity contribution in [2.24, 2.45) is 17.8 Å². The van der Waals surface area contributed by atoms with Crippen molar-refractivity contribution >= 4 is 5.91 Å². The molecule has 2 rings (SSSR count). The molecule has 0 radical (unpaired) electrons. The lowest BCUT2D eigenvalue weighted by atomic mass is 9.71. The fraction of sp³-hybridized carbons (Fsp3) is 0.737. The lowest BCUT2D eigenvalue weighted by molar-refractivity contribution is -0.117. The molecular formula is C19H31NO. The summed E-state index contributed by atoms with van der Waals surface area (Å²) in [4.78, 5) is 12.1. The van der Waals surface area contributed by atoms with Crippen molar-refractivity contribution in [3.05, 3.63) is 22.8 Å². The Morgan fingerprint density at radius 2 is 2.10 bits per heavy atom. The van der Waals surface area contributed by atoms with Gasteiger partial charge in [-0.2, -0.15) is 0 Å². The third kappa shape index (κ3) is 3.78. The molecule has 1 saturated carbocycles. The minimum atomic E-state index is 0.120. The van der Waals surface area contributed by atoms with E-state index in [2.05, 4.69) is 32.2 Å². The Bertz CT molecular complexity index is 446. The summed E-state index contributed by atoms with van der Waals surface area (Å²) in [6.07, 6.45) is 9.52. The van der Waals surface area contributed by atoms with E-state index in [1.165, 1.54) is 25.7 Å². The number of hydrogen-bond donors (Lipinski definition) is 1. The highest BCUT2D eigenvalue weighted by Gasteiger charge is 2.35. The smallest absolute Gasteiger partial charge is 0.246 e. The lowest BCUT2D eigenvalue weighted by Gasteiger charge is -2.34. The highest BCUT2D eigenvalue weighted by atomic mass is 16.1. The van der Waals surface area contributed by atoms with Crippen molar-refractivity contribution in [3.63, 3.8) is 0 Å². The molecule has 0 aliphatic heterocycles. The SMILES string of the molecule is CCCCNC(=O)C(C)=CC1CCC(C)C2CCC(C)=C12. The van der Waals surface area contributed by atoms with Crippen LogP contribution in [0, 0.1) is 17.8 Å². The normalized spacial score (nSPS) is 29.5. The topological polar surface area (TPSA) is 29.1 Å². The summed E-state index contributed by atoms with van der Waals surface area (Å²) in [6, 6.07) is 0. The number of hydrogen-bond acceptors (Lipinski definition) is 1. The number of rotatable bonds is 5. The number of fused-ring (bicyclic) bond motifs is 1. The Balaban J connectivity index is 2.05. The minimum absolute atomic E-state index is 0.120. The van der Waals surface area contributed by atoms with Crippen LogP contribution in [0.25, 0.3) is 0 Å². The van der Waals surface area contributed by atoms with E-state index in [9.17, 15) is 4.79 Å². The largest absolute Gasteiger partial charge is 0.352 e. The van der Waals surface area contributed by atoms with Gasteiger partial charge in [0.05, 0.1) is 0 Å². The van der Waals surface area contributed by atoms with Gasteiger partial charge in [-0.3, -0.25) is 4.79 Å². The van der Waals surface area contributed by atoms with Crippen LogP contribution in [0.2, 0.25) is 0 Å². The van der Waals surface area contributed by atoms with Gasteiger partial charge >= 0.3 is 0 Å². The Hall–Kier alpha value is -1.05. The van der Waals surface area contributed by atoms with Crippen molar-refractivity contribution in [1.82, 2.24) is 5.32 Å². The zero-order valence-electron chi connectivity index (χ0n) is 14.2. The van der Waals surface area contributed by atoms with Crippen LogP contribution in [0.4, 0.5) is 0 Å². The number of amides is 1. The molecule has 0 bridgehead atoms. The van der Waals surface area contributed by atoms with E-state index in [1.807, 2.05) is 6.92 Å². The molecule has 0 spiro atoms. The molecular weight excluding hydrogens is 258 g/mol. The van der Waals surface area contributed by atoms with E-state index < -0.39 is 0 Å². The highest BCUT2D eigenvalue weighted by molar-refractivity contribution is 5.92. The molecule has 0 aromatic rings. The van der Waals surface area contributed by atoms with Gasteiger partial charge in [0.25, 0.3) is 0 Å². The van der Waals surface area contributed by atoms with Crippen LogP contribution in [0.3, 0.4) is 0 Å². The van der Waals surface area contributed by atoms with Gasteiger partial charge in [-0.25, -0.2) is 0 Å². The Morgan fingerprint density at radius 1 is 1.33 bits per heavy atom. The fourth-order valence-corrected chi connectivity index (χ4v) is 4.04. The third-order valence-electron chi connectivity index (χ3n) is 5.37. The maximum atomic E-state index is 12.1. The van der Waals surface area contributed by atoms with Gasteiger partial charge in [0, 0.05) is 12.1 Å². The number of carbonyl (C=O) groups is 1. The summed E-state index contributed by atoms with van der Waals surface area (Å²) < 4.78 is 0. The van der Waals surface area contributed by atoms with E-state index in [0.717, 1.165) is 36.8 Å². The molecule has 0 saturated heterocycles. The summed E-state index contributed by atoms with van der Waals surface area (Å²) in [7, 11) is 0. The maximum Gasteiger partial charge on any atom is 0.246 e. The predicted octanol–water partition coefficient (Wildman–Crippen LogP) is 4.62. The molecule has 0 aromatic heterocycles. The Labute approximate surface area is 130 Å². The summed E-state index contributed by atoms with van der Waals surface area (Å²) >= 11 is 0. The van der Waals surface area contributed by atoms with Crippen LogP contribution in [0.1, 0.15) is 66.2 Å². The first-order valence-corrected chi connectivity index (χ1v) is 8.70. The van der Waals surface area contributed by atoms with Crippen molar-refractivity contribution in [3.8, 4) is 0 Å². The molecule has 3 atom stereocenters. The first kappa shape index (κ1) is 16.3. The second kappa shape index (κ2) is 7.29. The first-order valence-electron chi connectivity index (χ1n) is 8.70. The van der Waals surface area contributed by atoms with Crippen LogP contribution in [0.5, 0.6) is 0 Å². The average molecular weight is 289 g/mol. The van der Waals surface area contributed by atoms with Gasteiger partial charge in [0.15, 0.2) is 0 Å². The molecule has 1 amide bonds. The van der Waals surface area contributed by atoms with Gasteiger partial charge in [0.2, 0.25) is 5.91 Å². The highest BCUT2D eigenvalue weighted by Crippen LogP contribution is 2.48. The molecule has 3 unspecified atom stereocenters. The van der Waals surface area contributed by atoms with Crippen molar-refractivity contribution in [1.29, 1.82) is 0 Å². The van der Waals surface area contributed by atoms with Gasteiger partial charge < -0.3 is 5.32 Å². The van der Waals surface area contributed by atoms with Gasteiger partial charge in [-0.1, -0.05) is 37.5 Å². The van der Waals surface area contributed by atoms with E-state index >= 15 is 0 Å². The van der Waals surface area contributed by atoms with Crippen LogP contribution < -0.4 is 5.32 Å². The minimum Gasteiger partial charge on any atom is -0.352 e. The Kier molecular flexibility index (Phi) is 5.66. The molecule has 2 heteroatoms. The standard InChI is InChI=1S/C19H31NO/c1-5-6-11-20-19(21)15(4)12-16-9-7-13(2)17-10-8-14(3)18(16)17/h12-13,16-17H,5-11H2,1-4H3,(H,20,21). The molecule has 0 heterocycles. The van der Waals surface area contributed by atoms with Crippen LogP contribution >= 0.6 is 0 Å². The van der Waals surface area contributed by atoms with E-state index in [-0.39, 0.29) is 5.91 Å². The number of carbonyl (C=O) groups excluding carboxylic acids is 1. The summed E-state index contributed by atoms with van der Waals surface area (Å²) in [5.41, 5.74) is 4.15. The molecule has 21 heavy (non-hydrogen) atoms. The molecule has 2 aliphatic rings. The second-order valence-electron chi connectivity index (χ2n) is 7.00. The average Bonchev–Trinajstić information content (AvgIpc) is 2.85. The van der Waals surface area contributed by atoms with Gasteiger partial charge in [0.1, 0.15) is 0 Å². The number of allylic oxidation sites excluding steroid dienone is 3. The molecule has 0 aromatic carbocycles. The monoisotopic (exact) mass is 289 g/mol. The molecule has 2 aliphatic carbocycles. The first-order chi connectivity index (χ1) is 10.0. The lowest BCUT2D eigenvalue weighted by Crippen LogP contribution is -2.27. The molecule has 1 fully saturated rings. The quantitative estimate of drug-likeness (QED) is 0.446. The number of unbranched alkanes of at least 4 members (excludes halogenated alkanes) is 1. The van der Waals surface area contributed by atoms with Gasteiger partial charge in [-0.05, 0) is 63.7 Å². The van der Waals surface area contributed by atoms with Crippen LogP contribution in [-0.2, 0) is 4.79 Å². The van der Waals surface area contributed by atoms with Crippen LogP contribution in [0.15, 0.2) is 22.8 Å². The summed E-state index contributed by atoms with van der Waals surface area (Å²) in [5.74, 6) is 2.22. The molecule has 118 valence electrons. The van der Waals surface area contributed by atoms with E-state index in [0.29, 0.717) is 5.92 Å². The maximum absolute atomic E-state index is 12.1. The summed E-state index contributed by atoms with van der Waals surface area (Å²) in [6.45, 7) is 9.61. The van der Waals surface area contributed by atoms with Crippen molar-refractivity contribution < 1.29 is 4.79 Å². The van der Waals surface area contributed by atoms with E-state index in [1.54, 1.807) is 11.1 Å². The van der Waals surface area contributed by atoms with Crippen molar-refractivity contribution in [2.45, 2.75) is 66.2 Å². The molecule has 2 nitrogen and oxygen atoms in total. The zero-order chi connectivity index (χ0) is 15.4.